The van der Waals surface area contributed by atoms with E-state index in [1.165, 1.54) is 0 Å². The number of ether oxygens (including phenoxy) is 2. The number of hydrogen-bond acceptors (Lipinski definition) is 3. The zero-order valence-electron chi connectivity index (χ0n) is 10.9. The third kappa shape index (κ3) is 2.95. The second-order valence-corrected chi connectivity index (χ2v) is 6.08. The van der Waals surface area contributed by atoms with Crippen LogP contribution in [0.15, 0.2) is 24.3 Å². The van der Waals surface area contributed by atoms with E-state index < -0.39 is 11.4 Å². The number of benzene rings is 1. The van der Waals surface area contributed by atoms with Crippen molar-refractivity contribution < 1.29 is 14.6 Å². The summed E-state index contributed by atoms with van der Waals surface area (Å²) in [6, 6.07) is 7.71. The maximum atomic E-state index is 10.7. The van der Waals surface area contributed by atoms with Gasteiger partial charge in [0.2, 0.25) is 0 Å². The summed E-state index contributed by atoms with van der Waals surface area (Å²) in [5.41, 5.74) is 0.421. The van der Waals surface area contributed by atoms with Crippen molar-refractivity contribution in [3.63, 3.8) is 0 Å². The SMILES string of the molecule is OC1(Cc2cccc(Cl)c2)CCC2(CC1)OCCO2. The van der Waals surface area contributed by atoms with Crippen LogP contribution in [0.3, 0.4) is 0 Å². The standard InChI is InChI=1S/C15H19ClO3/c16-13-3-1-2-12(10-13)11-14(17)4-6-15(7-5-14)18-8-9-19-15/h1-3,10,17H,4-9,11H2. The van der Waals surface area contributed by atoms with Gasteiger partial charge in [-0.2, -0.15) is 0 Å². The van der Waals surface area contributed by atoms with E-state index in [-0.39, 0.29) is 0 Å². The molecule has 0 atom stereocenters. The lowest BCUT2D eigenvalue weighted by Crippen LogP contribution is -2.44. The van der Waals surface area contributed by atoms with Crippen LogP contribution in [0.25, 0.3) is 0 Å². The van der Waals surface area contributed by atoms with Gasteiger partial charge in [-0.3, -0.25) is 0 Å². The van der Waals surface area contributed by atoms with E-state index in [9.17, 15) is 5.11 Å². The Morgan fingerprint density at radius 2 is 1.79 bits per heavy atom. The predicted molar refractivity (Wildman–Crippen MR) is 73.2 cm³/mol. The molecule has 1 aromatic carbocycles. The molecule has 0 unspecified atom stereocenters. The summed E-state index contributed by atoms with van der Waals surface area (Å²) in [6.07, 6.45) is 3.59. The third-order valence-electron chi connectivity index (χ3n) is 4.18. The highest BCUT2D eigenvalue weighted by Gasteiger charge is 2.45. The fourth-order valence-corrected chi connectivity index (χ4v) is 3.30. The van der Waals surface area contributed by atoms with E-state index >= 15 is 0 Å². The molecule has 0 amide bonds. The van der Waals surface area contributed by atoms with Gasteiger partial charge in [-0.25, -0.2) is 0 Å². The molecule has 1 N–H and O–H groups in total. The lowest BCUT2D eigenvalue weighted by molar-refractivity contribution is -0.202. The van der Waals surface area contributed by atoms with E-state index in [2.05, 4.69) is 0 Å². The predicted octanol–water partition coefficient (Wildman–Crippen LogP) is 2.93. The molecule has 1 aliphatic carbocycles. The molecule has 19 heavy (non-hydrogen) atoms. The summed E-state index contributed by atoms with van der Waals surface area (Å²) in [4.78, 5) is 0. The van der Waals surface area contributed by atoms with E-state index in [0.29, 0.717) is 32.5 Å². The van der Waals surface area contributed by atoms with Gasteiger partial charge in [-0.15, -0.1) is 0 Å². The summed E-state index contributed by atoms with van der Waals surface area (Å²) >= 11 is 5.98. The molecule has 2 aliphatic rings. The molecule has 1 saturated heterocycles. The van der Waals surface area contributed by atoms with Crippen LogP contribution in [-0.2, 0) is 15.9 Å². The van der Waals surface area contributed by atoms with Crippen LogP contribution < -0.4 is 0 Å². The Hall–Kier alpha value is -0.610. The summed E-state index contributed by atoms with van der Waals surface area (Å²) in [5, 5.41) is 11.4. The Balaban J connectivity index is 1.65. The van der Waals surface area contributed by atoms with Crippen molar-refractivity contribution >= 4 is 11.6 Å². The molecule has 2 fully saturated rings. The fraction of sp³-hybridized carbons (Fsp3) is 0.600. The van der Waals surface area contributed by atoms with Crippen molar-refractivity contribution in [2.75, 3.05) is 13.2 Å². The molecule has 4 heteroatoms. The average molecular weight is 283 g/mol. The maximum Gasteiger partial charge on any atom is 0.168 e. The summed E-state index contributed by atoms with van der Waals surface area (Å²) < 4.78 is 11.4. The molecule has 1 heterocycles. The molecule has 1 spiro atoms. The Bertz CT molecular complexity index is 444. The Labute approximate surface area is 118 Å². The van der Waals surface area contributed by atoms with Crippen LogP contribution in [0.1, 0.15) is 31.2 Å². The first kappa shape index (κ1) is 13.4. The van der Waals surface area contributed by atoms with Crippen molar-refractivity contribution in [2.24, 2.45) is 0 Å². The topological polar surface area (TPSA) is 38.7 Å². The molecule has 0 aromatic heterocycles. The Morgan fingerprint density at radius 3 is 2.42 bits per heavy atom. The second kappa shape index (κ2) is 5.06. The van der Waals surface area contributed by atoms with Gasteiger partial charge in [0, 0.05) is 24.3 Å². The Morgan fingerprint density at radius 1 is 1.11 bits per heavy atom. The van der Waals surface area contributed by atoms with Gasteiger partial charge in [-0.05, 0) is 30.5 Å². The molecule has 1 aliphatic heterocycles. The first-order chi connectivity index (χ1) is 9.09. The van der Waals surface area contributed by atoms with E-state index in [1.54, 1.807) is 0 Å². The van der Waals surface area contributed by atoms with Crippen molar-refractivity contribution in [2.45, 2.75) is 43.5 Å². The summed E-state index contributed by atoms with van der Waals surface area (Å²) in [5.74, 6) is -0.416. The molecule has 104 valence electrons. The number of aliphatic hydroxyl groups is 1. The maximum absolute atomic E-state index is 10.7. The third-order valence-corrected chi connectivity index (χ3v) is 4.41. The van der Waals surface area contributed by atoms with Gasteiger partial charge in [0.1, 0.15) is 0 Å². The van der Waals surface area contributed by atoms with Crippen molar-refractivity contribution in [3.05, 3.63) is 34.9 Å². The van der Waals surface area contributed by atoms with Gasteiger partial charge in [0.25, 0.3) is 0 Å². The minimum absolute atomic E-state index is 0.416. The monoisotopic (exact) mass is 282 g/mol. The molecule has 1 aromatic rings. The quantitative estimate of drug-likeness (QED) is 0.906. The molecular weight excluding hydrogens is 264 g/mol. The minimum atomic E-state index is -0.661. The zero-order valence-corrected chi connectivity index (χ0v) is 11.7. The average Bonchev–Trinajstić information content (AvgIpc) is 2.83. The van der Waals surface area contributed by atoms with Crippen LogP contribution in [0, 0.1) is 0 Å². The lowest BCUT2D eigenvalue weighted by Gasteiger charge is -2.40. The second-order valence-electron chi connectivity index (χ2n) is 5.64. The summed E-state index contributed by atoms with van der Waals surface area (Å²) in [7, 11) is 0. The number of hydrogen-bond donors (Lipinski definition) is 1. The Kier molecular flexibility index (Phi) is 3.56. The van der Waals surface area contributed by atoms with Gasteiger partial charge < -0.3 is 14.6 Å². The highest BCUT2D eigenvalue weighted by Crippen LogP contribution is 2.41. The van der Waals surface area contributed by atoms with Gasteiger partial charge >= 0.3 is 0 Å². The van der Waals surface area contributed by atoms with E-state index in [4.69, 9.17) is 21.1 Å². The van der Waals surface area contributed by atoms with Crippen LogP contribution in [0.4, 0.5) is 0 Å². The molecule has 3 nitrogen and oxygen atoms in total. The minimum Gasteiger partial charge on any atom is -0.390 e. The summed E-state index contributed by atoms with van der Waals surface area (Å²) in [6.45, 7) is 1.35. The van der Waals surface area contributed by atoms with Crippen LogP contribution in [-0.4, -0.2) is 29.7 Å². The first-order valence-corrected chi connectivity index (χ1v) is 7.22. The zero-order chi connectivity index (χ0) is 13.3. The van der Waals surface area contributed by atoms with Crippen molar-refractivity contribution in [1.82, 2.24) is 0 Å². The highest BCUT2D eigenvalue weighted by molar-refractivity contribution is 6.30. The smallest absolute Gasteiger partial charge is 0.168 e. The molecule has 0 radical (unpaired) electrons. The lowest BCUT2D eigenvalue weighted by atomic mass is 9.78. The van der Waals surface area contributed by atoms with Crippen LogP contribution in [0.5, 0.6) is 0 Å². The fourth-order valence-electron chi connectivity index (χ4n) is 3.09. The van der Waals surface area contributed by atoms with Crippen LogP contribution >= 0.6 is 11.6 Å². The number of rotatable bonds is 2. The largest absolute Gasteiger partial charge is 0.390 e. The molecule has 1 saturated carbocycles. The normalized spacial score (nSPS) is 24.7. The van der Waals surface area contributed by atoms with E-state index in [0.717, 1.165) is 23.4 Å². The first-order valence-electron chi connectivity index (χ1n) is 6.84. The highest BCUT2D eigenvalue weighted by atomic mass is 35.5. The molecule has 3 rings (SSSR count). The molecule has 0 bridgehead atoms. The van der Waals surface area contributed by atoms with Gasteiger partial charge in [-0.1, -0.05) is 23.7 Å². The van der Waals surface area contributed by atoms with Crippen LogP contribution in [0.2, 0.25) is 5.02 Å². The number of halogens is 1. The van der Waals surface area contributed by atoms with E-state index in [1.807, 2.05) is 24.3 Å². The van der Waals surface area contributed by atoms with Gasteiger partial charge in [0.05, 0.1) is 18.8 Å². The molecular formula is C15H19ClO3. The van der Waals surface area contributed by atoms with Crippen molar-refractivity contribution in [1.29, 1.82) is 0 Å². The van der Waals surface area contributed by atoms with Crippen molar-refractivity contribution in [3.8, 4) is 0 Å². The van der Waals surface area contributed by atoms with Gasteiger partial charge in [0.15, 0.2) is 5.79 Å².